The minimum atomic E-state index is -4.35. The van der Waals surface area contributed by atoms with E-state index in [0.29, 0.717) is 17.0 Å². The number of amides is 2. The van der Waals surface area contributed by atoms with Crippen LogP contribution in [0.1, 0.15) is 37.0 Å². The summed E-state index contributed by atoms with van der Waals surface area (Å²) in [5.41, 5.74) is 2.20. The van der Waals surface area contributed by atoms with Gasteiger partial charge in [-0.15, -0.1) is 0 Å². The molecule has 0 radical (unpaired) electrons. The zero-order valence-corrected chi connectivity index (χ0v) is 29.9. The van der Waals surface area contributed by atoms with Gasteiger partial charge in [0.05, 0.1) is 20.6 Å². The number of hydrogen-bond donors (Lipinski definition) is 1. The van der Waals surface area contributed by atoms with Crippen molar-refractivity contribution in [1.82, 2.24) is 10.2 Å². The van der Waals surface area contributed by atoms with Crippen LogP contribution >= 0.6 is 46.4 Å². The van der Waals surface area contributed by atoms with Crippen molar-refractivity contribution in [3.63, 3.8) is 0 Å². The third-order valence-electron chi connectivity index (χ3n) is 7.72. The summed E-state index contributed by atoms with van der Waals surface area (Å²) in [6.07, 6.45) is 0.819. The molecule has 12 heteroatoms. The lowest BCUT2D eigenvalue weighted by Crippen LogP contribution is -2.54. The molecule has 0 bridgehead atoms. The first-order valence-corrected chi connectivity index (χ1v) is 17.9. The summed E-state index contributed by atoms with van der Waals surface area (Å²) in [4.78, 5) is 29.9. The highest BCUT2D eigenvalue weighted by Crippen LogP contribution is 2.36. The van der Waals surface area contributed by atoms with Crippen molar-refractivity contribution in [1.29, 1.82) is 0 Å². The molecule has 0 fully saturated rings. The average Bonchev–Trinajstić information content (AvgIpc) is 3.04. The van der Waals surface area contributed by atoms with Gasteiger partial charge in [0, 0.05) is 29.1 Å². The van der Waals surface area contributed by atoms with Crippen LogP contribution in [0.5, 0.6) is 0 Å². The molecule has 0 saturated carbocycles. The third kappa shape index (κ3) is 9.21. The van der Waals surface area contributed by atoms with Crippen molar-refractivity contribution in [2.75, 3.05) is 10.8 Å². The molecule has 2 unspecified atom stereocenters. The molecule has 2 amide bonds. The fourth-order valence-corrected chi connectivity index (χ4v) is 7.21. The Bertz CT molecular complexity index is 1820. The summed E-state index contributed by atoms with van der Waals surface area (Å²) in [5, 5.41) is 3.76. The minimum Gasteiger partial charge on any atom is -0.352 e. The van der Waals surface area contributed by atoms with Crippen molar-refractivity contribution in [3.05, 3.63) is 128 Å². The number of sulfonamides is 1. The molecule has 0 aliphatic heterocycles. The lowest BCUT2D eigenvalue weighted by molar-refractivity contribution is -0.140. The average molecular weight is 736 g/mol. The van der Waals surface area contributed by atoms with Crippen LogP contribution in [0, 0.1) is 6.92 Å². The second kappa shape index (κ2) is 16.2. The molecular formula is C35H35Cl4N3O4S. The van der Waals surface area contributed by atoms with E-state index in [9.17, 15) is 18.0 Å². The number of nitrogens with one attached hydrogen (secondary N) is 1. The van der Waals surface area contributed by atoms with Crippen molar-refractivity contribution >= 4 is 73.9 Å². The van der Waals surface area contributed by atoms with E-state index in [1.807, 2.05) is 51.1 Å². The van der Waals surface area contributed by atoms with Crippen LogP contribution in [0.15, 0.2) is 95.9 Å². The van der Waals surface area contributed by atoms with Crippen LogP contribution in [0.25, 0.3) is 0 Å². The van der Waals surface area contributed by atoms with Gasteiger partial charge in [0.1, 0.15) is 12.6 Å². The fourth-order valence-electron chi connectivity index (χ4n) is 4.86. The number of benzene rings is 4. The van der Waals surface area contributed by atoms with Gasteiger partial charge < -0.3 is 10.2 Å². The molecule has 4 aromatic rings. The van der Waals surface area contributed by atoms with Gasteiger partial charge >= 0.3 is 0 Å². The molecule has 248 valence electrons. The summed E-state index contributed by atoms with van der Waals surface area (Å²) in [6, 6.07) is 23.7. The summed E-state index contributed by atoms with van der Waals surface area (Å²) in [6.45, 7) is 4.85. The van der Waals surface area contributed by atoms with Crippen LogP contribution in [0.3, 0.4) is 0 Å². The normalized spacial score (nSPS) is 12.7. The SMILES string of the molecule is CCC(C)NC(=O)C(Cc1ccccc1)N(Cc1ccc(Cl)cc1Cl)C(=O)CN(c1cccc(Cl)c1Cl)S(=O)(=O)c1ccc(C)cc1. The maximum Gasteiger partial charge on any atom is 0.264 e. The van der Waals surface area contributed by atoms with Crippen LogP contribution in [-0.2, 0) is 32.6 Å². The van der Waals surface area contributed by atoms with Crippen molar-refractivity contribution in [2.45, 2.75) is 57.1 Å². The van der Waals surface area contributed by atoms with E-state index in [4.69, 9.17) is 46.4 Å². The number of carbonyl (C=O) groups is 2. The lowest BCUT2D eigenvalue weighted by Gasteiger charge is -2.34. The van der Waals surface area contributed by atoms with Gasteiger partial charge in [-0.1, -0.05) is 113 Å². The number of rotatable bonds is 13. The van der Waals surface area contributed by atoms with Crippen molar-refractivity contribution in [3.8, 4) is 0 Å². The van der Waals surface area contributed by atoms with Crippen molar-refractivity contribution in [2.24, 2.45) is 0 Å². The quantitative estimate of drug-likeness (QED) is 0.150. The highest BCUT2D eigenvalue weighted by atomic mass is 35.5. The van der Waals surface area contributed by atoms with Gasteiger partial charge in [-0.05, 0) is 67.8 Å². The van der Waals surface area contributed by atoms with E-state index < -0.39 is 34.4 Å². The Balaban J connectivity index is 1.86. The second-order valence-corrected chi connectivity index (χ2v) is 14.7. The first-order valence-electron chi connectivity index (χ1n) is 14.9. The number of hydrogen-bond acceptors (Lipinski definition) is 4. The number of halogens is 4. The Morgan fingerprint density at radius 2 is 1.53 bits per heavy atom. The Hall–Kier alpha value is -3.27. The zero-order chi connectivity index (χ0) is 34.3. The summed E-state index contributed by atoms with van der Waals surface area (Å²) in [7, 11) is -4.35. The first kappa shape index (κ1) is 36.6. The lowest BCUT2D eigenvalue weighted by atomic mass is 10.0. The molecule has 1 N–H and O–H groups in total. The van der Waals surface area contributed by atoms with Crippen LogP contribution in [-0.4, -0.2) is 43.8 Å². The number of nitrogens with zero attached hydrogens (tertiary/aromatic N) is 2. The van der Waals surface area contributed by atoms with Gasteiger partial charge in [0.25, 0.3) is 10.0 Å². The Morgan fingerprint density at radius 1 is 0.851 bits per heavy atom. The molecular weight excluding hydrogens is 700 g/mol. The molecule has 0 heterocycles. The second-order valence-electron chi connectivity index (χ2n) is 11.2. The predicted octanol–water partition coefficient (Wildman–Crippen LogP) is 8.36. The molecule has 0 saturated heterocycles. The standard InChI is InChI=1S/C35H35Cl4N3O4S/c1-4-24(3)40-35(44)32(19-25-9-6-5-7-10-25)41(21-26-15-16-27(36)20-30(26)38)33(43)22-42(31-12-8-11-29(37)34(31)39)47(45,46)28-17-13-23(2)14-18-28/h5-18,20,24,32H,4,19,21-22H2,1-3H3,(H,40,44). The molecule has 4 rings (SSSR count). The van der Waals surface area contributed by atoms with E-state index in [0.717, 1.165) is 15.4 Å². The number of carbonyl (C=O) groups excluding carboxylic acids is 2. The summed E-state index contributed by atoms with van der Waals surface area (Å²) < 4.78 is 29.4. The van der Waals surface area contributed by atoms with Gasteiger partial charge in [0.15, 0.2) is 0 Å². The number of aryl methyl sites for hydroxylation is 1. The summed E-state index contributed by atoms with van der Waals surface area (Å²) in [5.74, 6) is -1.06. The molecule has 2 atom stereocenters. The highest BCUT2D eigenvalue weighted by molar-refractivity contribution is 7.92. The smallest absolute Gasteiger partial charge is 0.264 e. The Labute approximate surface area is 296 Å². The van der Waals surface area contributed by atoms with Crippen LogP contribution in [0.4, 0.5) is 5.69 Å². The monoisotopic (exact) mass is 733 g/mol. The molecule has 4 aromatic carbocycles. The Morgan fingerprint density at radius 3 is 2.17 bits per heavy atom. The predicted molar refractivity (Wildman–Crippen MR) is 191 cm³/mol. The maximum atomic E-state index is 14.6. The van der Waals surface area contributed by atoms with Crippen LogP contribution < -0.4 is 9.62 Å². The van der Waals surface area contributed by atoms with Gasteiger partial charge in [-0.25, -0.2) is 8.42 Å². The molecule has 47 heavy (non-hydrogen) atoms. The molecule has 7 nitrogen and oxygen atoms in total. The molecule has 0 aliphatic carbocycles. The van der Waals surface area contributed by atoms with Crippen LogP contribution in [0.2, 0.25) is 20.1 Å². The number of anilines is 1. The highest BCUT2D eigenvalue weighted by Gasteiger charge is 2.36. The van der Waals surface area contributed by atoms with E-state index in [2.05, 4.69) is 5.32 Å². The first-order chi connectivity index (χ1) is 22.3. The topological polar surface area (TPSA) is 86.8 Å². The Kier molecular flexibility index (Phi) is 12.6. The van der Waals surface area contributed by atoms with E-state index in [1.54, 1.807) is 36.4 Å². The molecule has 0 aromatic heterocycles. The van der Waals surface area contributed by atoms with E-state index in [1.165, 1.54) is 29.2 Å². The van der Waals surface area contributed by atoms with Gasteiger partial charge in [0.2, 0.25) is 11.8 Å². The third-order valence-corrected chi connectivity index (χ3v) is 10.9. The largest absolute Gasteiger partial charge is 0.352 e. The van der Waals surface area contributed by atoms with Crippen molar-refractivity contribution < 1.29 is 18.0 Å². The fraction of sp³-hybridized carbons (Fsp3) is 0.257. The molecule has 0 aliphatic rings. The van der Waals surface area contributed by atoms with Gasteiger partial charge in [-0.3, -0.25) is 13.9 Å². The van der Waals surface area contributed by atoms with E-state index >= 15 is 0 Å². The van der Waals surface area contributed by atoms with Gasteiger partial charge in [-0.2, -0.15) is 0 Å². The van der Waals surface area contributed by atoms with E-state index in [-0.39, 0.29) is 44.7 Å². The summed E-state index contributed by atoms with van der Waals surface area (Å²) >= 11 is 25.6. The maximum absolute atomic E-state index is 14.6. The molecule has 0 spiro atoms. The zero-order valence-electron chi connectivity index (χ0n) is 26.1. The minimum absolute atomic E-state index is 0.0150.